The summed E-state index contributed by atoms with van der Waals surface area (Å²) >= 11 is 7.56. The second-order valence-electron chi connectivity index (χ2n) is 7.42. The number of carbonyl (C=O) groups is 1. The van der Waals surface area contributed by atoms with Crippen LogP contribution in [0.5, 0.6) is 11.5 Å². The largest absolute Gasteiger partial charge is 0.493 e. The molecule has 2 aromatic carbocycles. The van der Waals surface area contributed by atoms with Gasteiger partial charge in [0.15, 0.2) is 16.7 Å². The van der Waals surface area contributed by atoms with Gasteiger partial charge in [-0.25, -0.2) is 4.99 Å². The van der Waals surface area contributed by atoms with Crippen LogP contribution in [-0.2, 0) is 4.79 Å². The molecule has 2 heterocycles. The third-order valence-electron chi connectivity index (χ3n) is 5.03. The fourth-order valence-corrected chi connectivity index (χ4v) is 4.44. The minimum Gasteiger partial charge on any atom is -0.493 e. The lowest BCUT2D eigenvalue weighted by molar-refractivity contribution is -0.113. The first-order chi connectivity index (χ1) is 16.6. The van der Waals surface area contributed by atoms with E-state index in [9.17, 15) is 4.79 Å². The number of unbranched alkanes of at least 4 members (excludes halogenated alkanes) is 1. The summed E-state index contributed by atoms with van der Waals surface area (Å²) in [5.41, 5.74) is 2.10. The number of ether oxygens (including phenoxy) is 2. The average Bonchev–Trinajstić information content (AvgIpc) is 3.16. The van der Waals surface area contributed by atoms with Gasteiger partial charge in [0, 0.05) is 12.4 Å². The lowest BCUT2D eigenvalue weighted by atomic mass is 10.1. The molecule has 174 valence electrons. The van der Waals surface area contributed by atoms with Crippen molar-refractivity contribution in [2.75, 3.05) is 18.6 Å². The first-order valence-corrected chi connectivity index (χ1v) is 12.1. The molecule has 8 heteroatoms. The summed E-state index contributed by atoms with van der Waals surface area (Å²) in [6.45, 7) is 2.75. The van der Waals surface area contributed by atoms with Crippen molar-refractivity contribution in [1.29, 1.82) is 0 Å². The Labute approximate surface area is 208 Å². The lowest BCUT2D eigenvalue weighted by Gasteiger charge is -2.15. The normalized spacial score (nSPS) is 15.9. The zero-order valence-electron chi connectivity index (χ0n) is 18.9. The Morgan fingerprint density at radius 1 is 1.15 bits per heavy atom. The van der Waals surface area contributed by atoms with Crippen molar-refractivity contribution in [2.45, 2.75) is 19.8 Å². The Balaban J connectivity index is 1.69. The molecule has 4 rings (SSSR count). The second-order valence-corrected chi connectivity index (χ2v) is 8.84. The van der Waals surface area contributed by atoms with Crippen molar-refractivity contribution in [3.63, 3.8) is 0 Å². The van der Waals surface area contributed by atoms with Crippen molar-refractivity contribution >= 4 is 51.9 Å². The van der Waals surface area contributed by atoms with E-state index >= 15 is 0 Å². The second kappa shape index (κ2) is 11.2. The van der Waals surface area contributed by atoms with Gasteiger partial charge in [0.05, 0.1) is 35.0 Å². The van der Waals surface area contributed by atoms with E-state index in [1.54, 1.807) is 24.3 Å². The number of amidine groups is 1. The summed E-state index contributed by atoms with van der Waals surface area (Å²) in [6.07, 6.45) is 7.00. The van der Waals surface area contributed by atoms with Gasteiger partial charge in [0.25, 0.3) is 5.91 Å². The predicted molar refractivity (Wildman–Crippen MR) is 139 cm³/mol. The summed E-state index contributed by atoms with van der Waals surface area (Å²) in [6, 6.07) is 16.8. The summed E-state index contributed by atoms with van der Waals surface area (Å²) in [5, 5.41) is 0.930. The van der Waals surface area contributed by atoms with Gasteiger partial charge in [0.2, 0.25) is 0 Å². The van der Waals surface area contributed by atoms with Crippen molar-refractivity contribution in [3.05, 3.63) is 82.5 Å². The Morgan fingerprint density at radius 2 is 1.97 bits per heavy atom. The number of hydrogen-bond donors (Lipinski definition) is 0. The number of anilines is 1. The molecule has 34 heavy (non-hydrogen) atoms. The van der Waals surface area contributed by atoms with E-state index in [-0.39, 0.29) is 5.91 Å². The van der Waals surface area contributed by atoms with Gasteiger partial charge in [-0.1, -0.05) is 49.2 Å². The number of amides is 1. The van der Waals surface area contributed by atoms with Crippen molar-refractivity contribution in [1.82, 2.24) is 4.98 Å². The predicted octanol–water partition coefficient (Wildman–Crippen LogP) is 6.73. The molecule has 1 aromatic heterocycles. The number of nitrogens with zero attached hydrogens (tertiary/aromatic N) is 3. The third-order valence-corrected chi connectivity index (χ3v) is 6.29. The van der Waals surface area contributed by atoms with E-state index in [4.69, 9.17) is 21.1 Å². The summed E-state index contributed by atoms with van der Waals surface area (Å²) in [4.78, 5) is 24.3. The van der Waals surface area contributed by atoms with Gasteiger partial charge in [-0.05, 0) is 60.2 Å². The molecule has 0 unspecified atom stereocenters. The molecular formula is C26H24ClN3O3S. The Morgan fingerprint density at radius 3 is 2.71 bits per heavy atom. The first kappa shape index (κ1) is 23.9. The number of para-hydroxylation sites is 1. The first-order valence-electron chi connectivity index (χ1n) is 10.9. The molecule has 1 aliphatic heterocycles. The van der Waals surface area contributed by atoms with Crippen LogP contribution in [0.1, 0.15) is 25.3 Å². The SMILES string of the molecule is CCCCOc1ccc(/C=C2\SC(=Nc3ccncc3Cl)N(c3ccccc3)C2=O)cc1OC. The molecule has 0 bridgehead atoms. The molecule has 1 amide bonds. The summed E-state index contributed by atoms with van der Waals surface area (Å²) in [5.74, 6) is 1.14. The number of thioether (sulfide) groups is 1. The van der Waals surface area contributed by atoms with E-state index in [0.717, 1.165) is 24.1 Å². The number of aliphatic imine (C=N–C) groups is 1. The molecule has 0 spiro atoms. The van der Waals surface area contributed by atoms with Crippen LogP contribution in [-0.4, -0.2) is 29.8 Å². The highest BCUT2D eigenvalue weighted by Gasteiger charge is 2.34. The van der Waals surface area contributed by atoms with Crippen LogP contribution in [0, 0.1) is 0 Å². The van der Waals surface area contributed by atoms with Gasteiger partial charge >= 0.3 is 0 Å². The standard InChI is InChI=1S/C26H24ClN3O3S/c1-3-4-14-33-22-11-10-18(15-23(22)32-2)16-24-25(31)30(19-8-6-5-7-9-19)26(34-24)29-21-12-13-28-17-20(21)27/h5-13,15-17H,3-4,14H2,1-2H3/b24-16-,29-26?. The molecule has 1 saturated heterocycles. The van der Waals surface area contributed by atoms with Gasteiger partial charge in [0.1, 0.15) is 0 Å². The molecule has 1 fully saturated rings. The number of rotatable bonds is 8. The highest BCUT2D eigenvalue weighted by atomic mass is 35.5. The molecule has 0 saturated carbocycles. The third kappa shape index (κ3) is 5.43. The number of aromatic nitrogens is 1. The van der Waals surface area contributed by atoms with Crippen molar-refractivity contribution in [3.8, 4) is 11.5 Å². The minimum atomic E-state index is -0.164. The smallest absolute Gasteiger partial charge is 0.271 e. The molecule has 6 nitrogen and oxygen atoms in total. The fraction of sp³-hybridized carbons (Fsp3) is 0.192. The molecule has 0 aliphatic carbocycles. The van der Waals surface area contributed by atoms with E-state index < -0.39 is 0 Å². The highest BCUT2D eigenvalue weighted by Crippen LogP contribution is 2.39. The lowest BCUT2D eigenvalue weighted by Crippen LogP contribution is -2.28. The van der Waals surface area contributed by atoms with Crippen LogP contribution in [0.3, 0.4) is 0 Å². The van der Waals surface area contributed by atoms with Gasteiger partial charge in [-0.15, -0.1) is 0 Å². The Kier molecular flexibility index (Phi) is 7.87. The topological polar surface area (TPSA) is 64.0 Å². The fourth-order valence-electron chi connectivity index (χ4n) is 3.29. The van der Waals surface area contributed by atoms with E-state index in [2.05, 4.69) is 16.9 Å². The maximum absolute atomic E-state index is 13.4. The average molecular weight is 494 g/mol. The molecular weight excluding hydrogens is 470 g/mol. The van der Waals surface area contributed by atoms with E-state index in [1.807, 2.05) is 54.6 Å². The number of methoxy groups -OCH3 is 1. The molecule has 0 atom stereocenters. The zero-order chi connectivity index (χ0) is 23.9. The maximum Gasteiger partial charge on any atom is 0.271 e. The molecule has 0 N–H and O–H groups in total. The monoisotopic (exact) mass is 493 g/mol. The van der Waals surface area contributed by atoms with E-state index in [1.165, 1.54) is 18.0 Å². The number of pyridine rings is 1. The Bertz CT molecular complexity index is 1230. The molecule has 1 aliphatic rings. The molecule has 3 aromatic rings. The van der Waals surface area contributed by atoms with Crippen LogP contribution < -0.4 is 14.4 Å². The van der Waals surface area contributed by atoms with Crippen molar-refractivity contribution < 1.29 is 14.3 Å². The zero-order valence-corrected chi connectivity index (χ0v) is 20.5. The highest BCUT2D eigenvalue weighted by molar-refractivity contribution is 8.19. The van der Waals surface area contributed by atoms with Gasteiger partial charge in [-0.2, -0.15) is 0 Å². The number of benzene rings is 2. The van der Waals surface area contributed by atoms with Crippen LogP contribution in [0.4, 0.5) is 11.4 Å². The van der Waals surface area contributed by atoms with Crippen LogP contribution in [0.15, 0.2) is 76.9 Å². The van der Waals surface area contributed by atoms with Crippen LogP contribution in [0.25, 0.3) is 6.08 Å². The minimum absolute atomic E-state index is 0.164. The van der Waals surface area contributed by atoms with E-state index in [0.29, 0.717) is 38.9 Å². The quantitative estimate of drug-likeness (QED) is 0.257. The van der Waals surface area contributed by atoms with Crippen LogP contribution >= 0.6 is 23.4 Å². The maximum atomic E-state index is 13.4. The number of halogens is 1. The number of hydrogen-bond acceptors (Lipinski definition) is 6. The molecule has 0 radical (unpaired) electrons. The van der Waals surface area contributed by atoms with Gasteiger partial charge < -0.3 is 9.47 Å². The summed E-state index contributed by atoms with van der Waals surface area (Å²) < 4.78 is 11.3. The van der Waals surface area contributed by atoms with Crippen LogP contribution in [0.2, 0.25) is 5.02 Å². The van der Waals surface area contributed by atoms with Gasteiger partial charge in [-0.3, -0.25) is 14.7 Å². The number of carbonyl (C=O) groups excluding carboxylic acids is 1. The van der Waals surface area contributed by atoms with Crippen molar-refractivity contribution in [2.24, 2.45) is 4.99 Å². The Hall–Kier alpha value is -3.29. The summed E-state index contributed by atoms with van der Waals surface area (Å²) in [7, 11) is 1.61.